The third kappa shape index (κ3) is 2.61. The zero-order valence-electron chi connectivity index (χ0n) is 11.5. The number of aromatic nitrogens is 4. The second-order valence-electron chi connectivity index (χ2n) is 4.87. The summed E-state index contributed by atoms with van der Waals surface area (Å²) in [5.41, 5.74) is 1.90. The van der Waals surface area contributed by atoms with Crippen molar-refractivity contribution in [3.63, 3.8) is 0 Å². The van der Waals surface area contributed by atoms with E-state index in [4.69, 9.17) is 0 Å². The summed E-state index contributed by atoms with van der Waals surface area (Å²) >= 11 is 3.35. The van der Waals surface area contributed by atoms with Crippen molar-refractivity contribution >= 4 is 38.5 Å². The summed E-state index contributed by atoms with van der Waals surface area (Å²) in [6, 6.07) is 5.34. The molecule has 0 aromatic carbocycles. The number of imidazole rings is 1. The smallest absolute Gasteiger partial charge is 0.236 e. The maximum absolute atomic E-state index is 13.7. The lowest BCUT2D eigenvalue weighted by atomic mass is 10.3. The quantitative estimate of drug-likeness (QED) is 0.724. The molecule has 0 atom stereocenters. The van der Waals surface area contributed by atoms with Crippen molar-refractivity contribution < 1.29 is 4.39 Å². The van der Waals surface area contributed by atoms with Gasteiger partial charge >= 0.3 is 0 Å². The van der Waals surface area contributed by atoms with Crippen molar-refractivity contribution in [3.05, 3.63) is 41.3 Å². The third-order valence-corrected chi connectivity index (χ3v) is 3.50. The van der Waals surface area contributed by atoms with Crippen LogP contribution in [0.2, 0.25) is 0 Å². The molecular formula is C14H13BrFN5. The van der Waals surface area contributed by atoms with Gasteiger partial charge in [-0.15, -0.1) is 0 Å². The van der Waals surface area contributed by atoms with E-state index < -0.39 is 5.95 Å². The normalized spacial score (nSPS) is 11.3. The first-order valence-electron chi connectivity index (χ1n) is 6.47. The summed E-state index contributed by atoms with van der Waals surface area (Å²) in [6.07, 6.45) is 3.16. The summed E-state index contributed by atoms with van der Waals surface area (Å²) < 4.78 is 16.4. The fourth-order valence-electron chi connectivity index (χ4n) is 2.12. The highest BCUT2D eigenvalue weighted by Crippen LogP contribution is 2.29. The predicted molar refractivity (Wildman–Crippen MR) is 83.1 cm³/mol. The van der Waals surface area contributed by atoms with Crippen LogP contribution in [0.3, 0.4) is 0 Å². The molecule has 0 bridgehead atoms. The van der Waals surface area contributed by atoms with Crippen molar-refractivity contribution in [2.45, 2.75) is 19.9 Å². The summed E-state index contributed by atoms with van der Waals surface area (Å²) in [4.78, 5) is 12.4. The lowest BCUT2D eigenvalue weighted by Crippen LogP contribution is -2.04. The summed E-state index contributed by atoms with van der Waals surface area (Å²) in [7, 11) is 0. The number of fused-ring (bicyclic) bond motifs is 1. The zero-order chi connectivity index (χ0) is 15.0. The van der Waals surface area contributed by atoms with Crippen LogP contribution in [0.5, 0.6) is 0 Å². The molecule has 0 spiro atoms. The van der Waals surface area contributed by atoms with Gasteiger partial charge in [0.2, 0.25) is 5.95 Å². The summed E-state index contributed by atoms with van der Waals surface area (Å²) in [5, 5.41) is 3.00. The molecule has 3 rings (SSSR count). The lowest BCUT2D eigenvalue weighted by molar-refractivity contribution is 0.588. The minimum Gasteiger partial charge on any atom is -0.335 e. The van der Waals surface area contributed by atoms with Crippen molar-refractivity contribution in [2.24, 2.45) is 0 Å². The number of halogens is 2. The van der Waals surface area contributed by atoms with Crippen LogP contribution in [-0.4, -0.2) is 19.5 Å². The molecule has 7 heteroatoms. The number of nitrogens with one attached hydrogen (secondary N) is 1. The molecule has 0 aliphatic heterocycles. The SMILES string of the molecule is CC(C)n1cnc2cc(Br)nc(Nc3cccnc3F)c21. The Hall–Kier alpha value is -2.02. The molecule has 0 aliphatic rings. The Balaban J connectivity index is 2.17. The van der Waals surface area contributed by atoms with Crippen LogP contribution in [0, 0.1) is 5.95 Å². The first kappa shape index (κ1) is 13.9. The Morgan fingerprint density at radius 3 is 2.86 bits per heavy atom. The van der Waals surface area contributed by atoms with Gasteiger partial charge in [0.25, 0.3) is 0 Å². The van der Waals surface area contributed by atoms with Crippen LogP contribution in [0.1, 0.15) is 19.9 Å². The van der Waals surface area contributed by atoms with Gasteiger partial charge in [0.05, 0.1) is 17.5 Å². The van der Waals surface area contributed by atoms with Gasteiger partial charge in [-0.25, -0.2) is 15.0 Å². The molecule has 0 saturated carbocycles. The average molecular weight is 350 g/mol. The molecule has 0 saturated heterocycles. The van der Waals surface area contributed by atoms with E-state index in [1.807, 2.05) is 10.6 Å². The Kier molecular flexibility index (Phi) is 3.59. The Morgan fingerprint density at radius 1 is 1.33 bits per heavy atom. The van der Waals surface area contributed by atoms with E-state index in [1.54, 1.807) is 18.5 Å². The van der Waals surface area contributed by atoms with Gasteiger partial charge in [-0.1, -0.05) is 0 Å². The molecule has 0 radical (unpaired) electrons. The van der Waals surface area contributed by atoms with E-state index in [-0.39, 0.29) is 11.7 Å². The van der Waals surface area contributed by atoms with Gasteiger partial charge in [-0.05, 0) is 48.0 Å². The van der Waals surface area contributed by atoms with E-state index in [2.05, 4.69) is 50.0 Å². The number of hydrogen-bond acceptors (Lipinski definition) is 4. The maximum Gasteiger partial charge on any atom is 0.236 e. The largest absolute Gasteiger partial charge is 0.335 e. The number of hydrogen-bond donors (Lipinski definition) is 1. The molecule has 0 aliphatic carbocycles. The highest BCUT2D eigenvalue weighted by Gasteiger charge is 2.14. The van der Waals surface area contributed by atoms with E-state index in [1.165, 1.54) is 6.20 Å². The monoisotopic (exact) mass is 349 g/mol. The molecule has 3 aromatic rings. The molecule has 5 nitrogen and oxygen atoms in total. The minimum absolute atomic E-state index is 0.220. The zero-order valence-corrected chi connectivity index (χ0v) is 13.1. The molecule has 1 N–H and O–H groups in total. The molecule has 0 amide bonds. The number of rotatable bonds is 3. The standard InChI is InChI=1S/C14H13BrFN5/c1-8(2)21-7-18-10-6-11(15)20-14(12(10)21)19-9-4-3-5-17-13(9)16/h3-8H,1-2H3,(H,19,20). The number of anilines is 2. The van der Waals surface area contributed by atoms with E-state index in [9.17, 15) is 4.39 Å². The van der Waals surface area contributed by atoms with E-state index >= 15 is 0 Å². The fourth-order valence-corrected chi connectivity index (χ4v) is 2.51. The number of pyridine rings is 2. The Bertz CT molecular complexity index is 799. The lowest BCUT2D eigenvalue weighted by Gasteiger charge is -2.13. The van der Waals surface area contributed by atoms with Gasteiger partial charge in [0.1, 0.15) is 10.1 Å². The Labute approximate surface area is 129 Å². The summed E-state index contributed by atoms with van der Waals surface area (Å²) in [5.74, 6) is -0.0273. The van der Waals surface area contributed by atoms with Crippen LogP contribution in [0.4, 0.5) is 15.9 Å². The van der Waals surface area contributed by atoms with Gasteiger partial charge in [-0.3, -0.25) is 0 Å². The molecule has 0 unspecified atom stereocenters. The van der Waals surface area contributed by atoms with Crippen molar-refractivity contribution in [2.75, 3.05) is 5.32 Å². The van der Waals surface area contributed by atoms with Crippen LogP contribution >= 0.6 is 15.9 Å². The first-order chi connectivity index (χ1) is 10.1. The van der Waals surface area contributed by atoms with Crippen molar-refractivity contribution in [3.8, 4) is 0 Å². The highest BCUT2D eigenvalue weighted by molar-refractivity contribution is 9.10. The molecule has 3 aromatic heterocycles. The second-order valence-corrected chi connectivity index (χ2v) is 5.69. The van der Waals surface area contributed by atoms with E-state index in [0.29, 0.717) is 10.4 Å². The molecule has 0 fully saturated rings. The van der Waals surface area contributed by atoms with Gasteiger partial charge < -0.3 is 9.88 Å². The molecule has 21 heavy (non-hydrogen) atoms. The Morgan fingerprint density at radius 2 is 2.14 bits per heavy atom. The first-order valence-corrected chi connectivity index (χ1v) is 7.26. The fraction of sp³-hybridized carbons (Fsp3) is 0.214. The number of nitrogens with zero attached hydrogens (tertiary/aromatic N) is 4. The van der Waals surface area contributed by atoms with Crippen LogP contribution in [0.25, 0.3) is 11.0 Å². The van der Waals surface area contributed by atoms with Gasteiger partial charge in [0.15, 0.2) is 5.82 Å². The van der Waals surface area contributed by atoms with Crippen molar-refractivity contribution in [1.29, 1.82) is 0 Å². The minimum atomic E-state index is -0.567. The maximum atomic E-state index is 13.7. The molecule has 3 heterocycles. The van der Waals surface area contributed by atoms with Gasteiger partial charge in [-0.2, -0.15) is 4.39 Å². The highest BCUT2D eigenvalue weighted by atomic mass is 79.9. The molecule has 108 valence electrons. The third-order valence-electron chi connectivity index (χ3n) is 3.09. The average Bonchev–Trinajstić information content (AvgIpc) is 2.85. The van der Waals surface area contributed by atoms with Crippen molar-refractivity contribution in [1.82, 2.24) is 19.5 Å². The summed E-state index contributed by atoms with van der Waals surface area (Å²) in [6.45, 7) is 4.11. The molecular weight excluding hydrogens is 337 g/mol. The van der Waals surface area contributed by atoms with Crippen LogP contribution < -0.4 is 5.32 Å². The van der Waals surface area contributed by atoms with Crippen LogP contribution in [0.15, 0.2) is 35.3 Å². The van der Waals surface area contributed by atoms with E-state index in [0.717, 1.165) is 11.0 Å². The van der Waals surface area contributed by atoms with Crippen LogP contribution in [-0.2, 0) is 0 Å². The predicted octanol–water partition coefficient (Wildman–Crippen LogP) is 4.05. The second kappa shape index (κ2) is 5.40. The van der Waals surface area contributed by atoms with Gasteiger partial charge in [0, 0.05) is 12.2 Å². The topological polar surface area (TPSA) is 55.6 Å².